The molecule has 3 N–H and O–H groups in total. The van der Waals surface area contributed by atoms with Gasteiger partial charge in [0, 0.05) is 30.4 Å². The molecule has 34 heavy (non-hydrogen) atoms. The maximum Gasteiger partial charge on any atom is 0.321 e. The Morgan fingerprint density at radius 1 is 0.912 bits per heavy atom. The van der Waals surface area contributed by atoms with E-state index < -0.39 is 0 Å². The van der Waals surface area contributed by atoms with Crippen molar-refractivity contribution in [2.24, 2.45) is 5.92 Å². The zero-order chi connectivity index (χ0) is 23.9. The number of carbonyl (C=O) groups is 3. The van der Waals surface area contributed by atoms with Gasteiger partial charge in [0.25, 0.3) is 5.91 Å². The number of anilines is 3. The quantitative estimate of drug-likeness (QED) is 0.470. The number of thiophene rings is 1. The van der Waals surface area contributed by atoms with E-state index in [2.05, 4.69) is 16.0 Å². The fourth-order valence-corrected chi connectivity index (χ4v) is 4.42. The summed E-state index contributed by atoms with van der Waals surface area (Å²) in [7, 11) is 1.56. The monoisotopic (exact) mass is 478 g/mol. The van der Waals surface area contributed by atoms with E-state index >= 15 is 0 Å². The van der Waals surface area contributed by atoms with Crippen molar-refractivity contribution in [3.63, 3.8) is 0 Å². The number of nitrogens with zero attached hydrogens (tertiary/aromatic N) is 1. The molecule has 176 valence electrons. The molecule has 0 bridgehead atoms. The number of piperidine rings is 1. The molecule has 1 aromatic heterocycles. The summed E-state index contributed by atoms with van der Waals surface area (Å²) in [5, 5.41) is 10.5. The maximum atomic E-state index is 12.8. The van der Waals surface area contributed by atoms with Gasteiger partial charge in [-0.1, -0.05) is 24.3 Å². The van der Waals surface area contributed by atoms with E-state index in [4.69, 9.17) is 4.74 Å². The van der Waals surface area contributed by atoms with Crippen LogP contribution < -0.4 is 20.7 Å². The van der Waals surface area contributed by atoms with Crippen molar-refractivity contribution in [3.05, 3.63) is 70.9 Å². The second-order valence-electron chi connectivity index (χ2n) is 7.89. The van der Waals surface area contributed by atoms with Crippen LogP contribution in [0.4, 0.5) is 21.9 Å². The number of benzene rings is 2. The van der Waals surface area contributed by atoms with E-state index in [1.165, 1.54) is 11.3 Å². The highest BCUT2D eigenvalue weighted by Crippen LogP contribution is 2.26. The van der Waals surface area contributed by atoms with Crippen LogP contribution in [0.1, 0.15) is 22.5 Å². The van der Waals surface area contributed by atoms with Crippen LogP contribution in [0.2, 0.25) is 0 Å². The Kier molecular flexibility index (Phi) is 7.44. The minimum atomic E-state index is -0.231. The molecule has 1 aliphatic heterocycles. The number of hydrogen-bond donors (Lipinski definition) is 3. The van der Waals surface area contributed by atoms with Gasteiger partial charge in [-0.2, -0.15) is 0 Å². The lowest BCUT2D eigenvalue weighted by molar-refractivity contribution is -0.121. The number of rotatable bonds is 6. The number of nitrogens with one attached hydrogen (secondary N) is 3. The zero-order valence-electron chi connectivity index (χ0n) is 18.7. The Balaban J connectivity index is 1.28. The molecule has 1 aliphatic rings. The number of carbonyl (C=O) groups excluding carboxylic acids is 3. The summed E-state index contributed by atoms with van der Waals surface area (Å²) in [6.07, 6.45) is 1.15. The molecule has 4 rings (SSSR count). The summed E-state index contributed by atoms with van der Waals surface area (Å²) in [6.45, 7) is 0.954. The van der Waals surface area contributed by atoms with E-state index in [-0.39, 0.29) is 23.8 Å². The molecule has 4 amide bonds. The largest absolute Gasteiger partial charge is 0.495 e. The first-order chi connectivity index (χ1) is 16.5. The predicted octanol–water partition coefficient (Wildman–Crippen LogP) is 4.89. The number of hydrogen-bond acceptors (Lipinski definition) is 5. The van der Waals surface area contributed by atoms with E-state index in [1.807, 2.05) is 23.6 Å². The van der Waals surface area contributed by atoms with Crippen LogP contribution in [-0.4, -0.2) is 42.9 Å². The third-order valence-corrected chi connectivity index (χ3v) is 6.50. The van der Waals surface area contributed by atoms with Gasteiger partial charge in [0.2, 0.25) is 5.91 Å². The molecule has 0 spiro atoms. The minimum Gasteiger partial charge on any atom is -0.495 e. The summed E-state index contributed by atoms with van der Waals surface area (Å²) < 4.78 is 5.29. The van der Waals surface area contributed by atoms with Crippen molar-refractivity contribution < 1.29 is 19.1 Å². The fraction of sp³-hybridized carbons (Fsp3) is 0.240. The summed E-state index contributed by atoms with van der Waals surface area (Å²) in [5.41, 5.74) is 1.83. The van der Waals surface area contributed by atoms with Gasteiger partial charge in [-0.25, -0.2) is 4.79 Å². The summed E-state index contributed by atoms with van der Waals surface area (Å²) in [5.74, 6) is 0.178. The highest BCUT2D eigenvalue weighted by molar-refractivity contribution is 7.12. The second-order valence-corrected chi connectivity index (χ2v) is 8.84. The highest BCUT2D eigenvalue weighted by atomic mass is 32.1. The van der Waals surface area contributed by atoms with E-state index in [9.17, 15) is 14.4 Å². The third kappa shape index (κ3) is 5.74. The summed E-state index contributed by atoms with van der Waals surface area (Å²) in [4.78, 5) is 40.0. The first kappa shape index (κ1) is 23.3. The zero-order valence-corrected chi connectivity index (χ0v) is 19.6. The molecule has 3 aromatic rings. The molecule has 0 atom stereocenters. The van der Waals surface area contributed by atoms with Crippen LogP contribution in [0.3, 0.4) is 0 Å². The fourth-order valence-electron chi connectivity index (χ4n) is 3.81. The second kappa shape index (κ2) is 10.8. The van der Waals surface area contributed by atoms with Crippen LogP contribution in [0.25, 0.3) is 0 Å². The van der Waals surface area contributed by atoms with Crippen molar-refractivity contribution >= 4 is 46.2 Å². The Morgan fingerprint density at radius 3 is 2.35 bits per heavy atom. The van der Waals surface area contributed by atoms with E-state index in [0.717, 1.165) is 0 Å². The molecule has 0 aliphatic carbocycles. The van der Waals surface area contributed by atoms with Gasteiger partial charge in [0.05, 0.1) is 17.7 Å². The Labute approximate surface area is 201 Å². The molecule has 2 heterocycles. The number of para-hydroxylation sites is 2. The lowest BCUT2D eigenvalue weighted by Crippen LogP contribution is -2.43. The average molecular weight is 479 g/mol. The molecule has 1 fully saturated rings. The predicted molar refractivity (Wildman–Crippen MR) is 134 cm³/mol. The SMILES string of the molecule is COc1ccccc1NC(=O)C1CCN(C(=O)Nc2cccc(NC(=O)c3cccs3)c2)CC1. The number of urea groups is 1. The van der Waals surface area contributed by atoms with Crippen LogP contribution in [0, 0.1) is 5.92 Å². The number of ether oxygens (including phenoxy) is 1. The van der Waals surface area contributed by atoms with Crippen molar-refractivity contribution in [3.8, 4) is 5.75 Å². The third-order valence-electron chi connectivity index (χ3n) is 5.63. The number of amides is 4. The Morgan fingerprint density at radius 2 is 1.65 bits per heavy atom. The van der Waals surface area contributed by atoms with Gasteiger partial charge in [-0.15, -0.1) is 11.3 Å². The lowest BCUT2D eigenvalue weighted by Gasteiger charge is -2.31. The minimum absolute atomic E-state index is 0.0706. The van der Waals surface area contributed by atoms with Crippen molar-refractivity contribution in [2.45, 2.75) is 12.8 Å². The van der Waals surface area contributed by atoms with Crippen LogP contribution in [-0.2, 0) is 4.79 Å². The first-order valence-electron chi connectivity index (χ1n) is 11.0. The molecular weight excluding hydrogens is 452 g/mol. The Hall–Kier alpha value is -3.85. The van der Waals surface area contributed by atoms with E-state index in [0.29, 0.717) is 53.6 Å². The molecule has 8 nitrogen and oxygen atoms in total. The maximum absolute atomic E-state index is 12.8. The molecule has 0 unspecified atom stereocenters. The molecule has 0 saturated carbocycles. The number of methoxy groups -OCH3 is 1. The molecule has 1 saturated heterocycles. The van der Waals surface area contributed by atoms with Crippen molar-refractivity contribution in [1.82, 2.24) is 4.90 Å². The van der Waals surface area contributed by atoms with Crippen molar-refractivity contribution in [2.75, 3.05) is 36.1 Å². The topological polar surface area (TPSA) is 99.8 Å². The first-order valence-corrected chi connectivity index (χ1v) is 11.9. The molecule has 0 radical (unpaired) electrons. The van der Waals surface area contributed by atoms with Gasteiger partial charge < -0.3 is 25.6 Å². The summed E-state index contributed by atoms with van der Waals surface area (Å²) >= 11 is 1.36. The average Bonchev–Trinajstić information content (AvgIpc) is 3.40. The lowest BCUT2D eigenvalue weighted by atomic mass is 9.96. The van der Waals surface area contributed by atoms with Gasteiger partial charge in [-0.3, -0.25) is 9.59 Å². The van der Waals surface area contributed by atoms with Crippen LogP contribution in [0.5, 0.6) is 5.75 Å². The van der Waals surface area contributed by atoms with Gasteiger partial charge in [-0.05, 0) is 54.6 Å². The van der Waals surface area contributed by atoms with Gasteiger partial charge in [0.15, 0.2) is 0 Å². The molecule has 2 aromatic carbocycles. The Bertz CT molecular complexity index is 1160. The standard InChI is InChI=1S/C25H26N4O4S/c1-33-21-9-3-2-8-20(21)28-23(30)17-11-13-29(14-12-17)25(32)27-19-7-4-6-18(16-19)26-24(31)22-10-5-15-34-22/h2-10,15-17H,11-14H2,1H3,(H,26,31)(H,27,32)(H,28,30). The van der Waals surface area contributed by atoms with Crippen molar-refractivity contribution in [1.29, 1.82) is 0 Å². The van der Waals surface area contributed by atoms with Crippen LogP contribution >= 0.6 is 11.3 Å². The highest BCUT2D eigenvalue weighted by Gasteiger charge is 2.28. The van der Waals surface area contributed by atoms with E-state index in [1.54, 1.807) is 54.5 Å². The number of likely N-dealkylation sites (tertiary alicyclic amines) is 1. The molecule has 9 heteroatoms. The van der Waals surface area contributed by atoms with Gasteiger partial charge >= 0.3 is 6.03 Å². The summed E-state index contributed by atoms with van der Waals surface area (Å²) in [6, 6.07) is 17.7. The normalized spacial score (nSPS) is 13.7. The smallest absolute Gasteiger partial charge is 0.321 e. The molecular formula is C25H26N4O4S. The van der Waals surface area contributed by atoms with Crippen LogP contribution in [0.15, 0.2) is 66.0 Å². The van der Waals surface area contributed by atoms with Gasteiger partial charge in [0.1, 0.15) is 5.75 Å².